The summed E-state index contributed by atoms with van der Waals surface area (Å²) in [5.41, 5.74) is 1.92. The zero-order chi connectivity index (χ0) is 15.9. The van der Waals surface area contributed by atoms with Crippen molar-refractivity contribution in [3.8, 4) is 5.75 Å². The van der Waals surface area contributed by atoms with Crippen LogP contribution in [0.4, 0.5) is 10.2 Å². The van der Waals surface area contributed by atoms with Crippen LogP contribution >= 0.6 is 0 Å². The van der Waals surface area contributed by atoms with E-state index in [1.807, 2.05) is 13.8 Å². The molecule has 1 aromatic rings. The van der Waals surface area contributed by atoms with Gasteiger partial charge in [0.1, 0.15) is 19.0 Å². The third-order valence-electron chi connectivity index (χ3n) is 2.14. The van der Waals surface area contributed by atoms with Crippen molar-refractivity contribution in [2.45, 2.75) is 20.8 Å². The lowest BCUT2D eigenvalue weighted by Gasteiger charge is -2.07. The van der Waals surface area contributed by atoms with Gasteiger partial charge >= 0.3 is 0 Å². The molecular weight excluding hydrogens is 277 g/mol. The number of carbonyl (C=O) groups is 1. The van der Waals surface area contributed by atoms with E-state index in [0.717, 1.165) is 0 Å². The minimum atomic E-state index is -0.00505. The van der Waals surface area contributed by atoms with Crippen LogP contribution in [0.15, 0.2) is 24.3 Å². The van der Waals surface area contributed by atoms with E-state index in [0.29, 0.717) is 37.9 Å². The molecule has 0 saturated heterocycles. The van der Waals surface area contributed by atoms with Crippen LogP contribution in [-0.4, -0.2) is 38.8 Å². The van der Waals surface area contributed by atoms with Crippen molar-refractivity contribution < 1.29 is 23.5 Å². The quantitative estimate of drug-likeness (QED) is 0.532. The molecule has 6 heteroatoms. The van der Waals surface area contributed by atoms with Gasteiger partial charge in [-0.25, -0.2) is 5.54 Å². The van der Waals surface area contributed by atoms with E-state index < -0.39 is 0 Å². The molecule has 21 heavy (non-hydrogen) atoms. The van der Waals surface area contributed by atoms with E-state index in [9.17, 15) is 9.28 Å². The van der Waals surface area contributed by atoms with E-state index in [-0.39, 0.29) is 12.4 Å². The highest BCUT2D eigenvalue weighted by Crippen LogP contribution is 2.15. The fraction of sp³-hybridized carbons (Fsp3) is 0.533. The number of carbonyl (C=O) groups excluding carboxylic acids is 1. The van der Waals surface area contributed by atoms with Crippen molar-refractivity contribution in [2.75, 3.05) is 38.6 Å². The summed E-state index contributed by atoms with van der Waals surface area (Å²) in [7, 11) is 0. The predicted molar refractivity (Wildman–Crippen MR) is 80.3 cm³/mol. The molecule has 0 atom stereocenters. The molecule has 1 rings (SSSR count). The number of ether oxygens (including phenoxy) is 3. The van der Waals surface area contributed by atoms with Crippen molar-refractivity contribution >= 4 is 11.5 Å². The summed E-state index contributed by atoms with van der Waals surface area (Å²) in [6, 6.07) is 6.48. The molecule has 0 spiro atoms. The number of anilines is 1. The summed E-state index contributed by atoms with van der Waals surface area (Å²) in [6.07, 6.45) is 0. The normalized spacial score (nSPS) is 9.52. The molecule has 1 aromatic carbocycles. The molecule has 1 N–H and O–H groups in total. The molecule has 0 fully saturated rings. The summed E-state index contributed by atoms with van der Waals surface area (Å²) in [6.45, 7) is 7.21. The van der Waals surface area contributed by atoms with Gasteiger partial charge in [-0.2, -0.15) is 0 Å². The smallest absolute Gasteiger partial charge is 0.155 e. The minimum absolute atomic E-state index is 0.00505. The number of ketones is 1. The molecule has 5 nitrogen and oxygen atoms in total. The topological polar surface area (TPSA) is 56.8 Å². The molecule has 0 saturated carbocycles. The largest absolute Gasteiger partial charge is 0.491 e. The second-order valence-corrected chi connectivity index (χ2v) is 3.83. The first-order valence-corrected chi connectivity index (χ1v) is 6.97. The van der Waals surface area contributed by atoms with E-state index in [1.54, 1.807) is 24.3 Å². The fourth-order valence-corrected chi connectivity index (χ4v) is 1.27. The molecule has 0 radical (unpaired) electrons. The Balaban J connectivity index is 0.00000191. The SMILES string of the molecule is CC.CC(=O)COCCOCCOc1ccc(NF)cc1. The van der Waals surface area contributed by atoms with Gasteiger partial charge in [-0.3, -0.25) is 4.79 Å². The fourth-order valence-electron chi connectivity index (χ4n) is 1.27. The van der Waals surface area contributed by atoms with Crippen molar-refractivity contribution in [1.82, 2.24) is 0 Å². The first-order chi connectivity index (χ1) is 10.2. The molecular formula is C15H24FNO4. The van der Waals surface area contributed by atoms with Crippen LogP contribution in [0.2, 0.25) is 0 Å². The molecule has 120 valence electrons. The Morgan fingerprint density at radius 3 is 2.19 bits per heavy atom. The van der Waals surface area contributed by atoms with Crippen molar-refractivity contribution in [1.29, 1.82) is 0 Å². The van der Waals surface area contributed by atoms with E-state index in [4.69, 9.17) is 14.2 Å². The number of halogens is 1. The number of benzene rings is 1. The molecule has 0 aliphatic carbocycles. The Morgan fingerprint density at radius 2 is 1.62 bits per heavy atom. The van der Waals surface area contributed by atoms with Crippen molar-refractivity contribution in [3.63, 3.8) is 0 Å². The molecule has 0 bridgehead atoms. The molecule has 0 amide bonds. The number of nitrogens with one attached hydrogen (secondary N) is 1. The number of hydrogen-bond donors (Lipinski definition) is 1. The van der Waals surface area contributed by atoms with Gasteiger partial charge in [0.25, 0.3) is 0 Å². The van der Waals surface area contributed by atoms with Gasteiger partial charge in [-0.05, 0) is 31.2 Å². The van der Waals surface area contributed by atoms with Crippen LogP contribution in [0.3, 0.4) is 0 Å². The van der Waals surface area contributed by atoms with Gasteiger partial charge in [0.15, 0.2) is 5.78 Å². The summed E-state index contributed by atoms with van der Waals surface area (Å²) in [5, 5.41) is 0. The average molecular weight is 301 g/mol. The van der Waals surface area contributed by atoms with Crippen LogP contribution in [0.1, 0.15) is 20.8 Å². The van der Waals surface area contributed by atoms with Crippen molar-refractivity contribution in [2.24, 2.45) is 0 Å². The molecule has 0 unspecified atom stereocenters. The maximum atomic E-state index is 12.0. The maximum absolute atomic E-state index is 12.0. The Morgan fingerprint density at radius 1 is 1.05 bits per heavy atom. The van der Waals surface area contributed by atoms with Gasteiger partial charge in [0.05, 0.1) is 25.5 Å². The zero-order valence-electron chi connectivity index (χ0n) is 12.9. The van der Waals surface area contributed by atoms with E-state index in [2.05, 4.69) is 0 Å². The van der Waals surface area contributed by atoms with Gasteiger partial charge in [0.2, 0.25) is 0 Å². The van der Waals surface area contributed by atoms with Crippen LogP contribution < -0.4 is 10.3 Å². The van der Waals surface area contributed by atoms with Gasteiger partial charge in [-0.1, -0.05) is 13.8 Å². The maximum Gasteiger partial charge on any atom is 0.155 e. The van der Waals surface area contributed by atoms with Gasteiger partial charge in [-0.15, -0.1) is 4.48 Å². The summed E-state index contributed by atoms with van der Waals surface area (Å²) in [4.78, 5) is 10.6. The highest BCUT2D eigenvalue weighted by molar-refractivity contribution is 5.76. The first kappa shape index (κ1) is 19.3. The number of hydrogen-bond acceptors (Lipinski definition) is 5. The third kappa shape index (κ3) is 10.8. The lowest BCUT2D eigenvalue weighted by atomic mass is 10.3. The molecule has 0 aliphatic rings. The van der Waals surface area contributed by atoms with Gasteiger partial charge in [0, 0.05) is 0 Å². The molecule has 0 aromatic heterocycles. The molecule has 0 aliphatic heterocycles. The van der Waals surface area contributed by atoms with Crippen LogP contribution in [0.25, 0.3) is 0 Å². The van der Waals surface area contributed by atoms with Crippen LogP contribution in [0, 0.1) is 0 Å². The number of Topliss-reactive ketones (excluding diaryl/α,β-unsaturated/α-hetero) is 1. The Labute approximate surface area is 125 Å². The third-order valence-corrected chi connectivity index (χ3v) is 2.14. The second-order valence-electron chi connectivity index (χ2n) is 3.83. The average Bonchev–Trinajstić information content (AvgIpc) is 2.52. The Hall–Kier alpha value is -1.66. The molecule has 0 heterocycles. The minimum Gasteiger partial charge on any atom is -0.491 e. The van der Waals surface area contributed by atoms with E-state index in [1.165, 1.54) is 12.5 Å². The Kier molecular flexibility index (Phi) is 12.3. The Bertz CT molecular complexity index is 370. The lowest BCUT2D eigenvalue weighted by molar-refractivity contribution is -0.122. The predicted octanol–water partition coefficient (Wildman–Crippen LogP) is 3.01. The second kappa shape index (κ2) is 13.3. The van der Waals surface area contributed by atoms with Gasteiger partial charge < -0.3 is 14.2 Å². The van der Waals surface area contributed by atoms with Crippen LogP contribution in [-0.2, 0) is 14.3 Å². The van der Waals surface area contributed by atoms with E-state index >= 15 is 0 Å². The zero-order valence-corrected chi connectivity index (χ0v) is 12.9. The van der Waals surface area contributed by atoms with Crippen molar-refractivity contribution in [3.05, 3.63) is 24.3 Å². The summed E-state index contributed by atoms with van der Waals surface area (Å²) < 4.78 is 27.7. The standard InChI is InChI=1S/C13H18FNO4.C2H6/c1-11(16)10-18-7-6-17-8-9-19-13-4-2-12(15-14)3-5-13;1-2/h2-5,15H,6-10H2,1H3;1-2H3. The monoisotopic (exact) mass is 301 g/mol. The summed E-state index contributed by atoms with van der Waals surface area (Å²) >= 11 is 0. The first-order valence-electron chi connectivity index (χ1n) is 6.97. The number of rotatable bonds is 10. The lowest BCUT2D eigenvalue weighted by Crippen LogP contribution is -2.13. The summed E-state index contributed by atoms with van der Waals surface area (Å²) in [5.74, 6) is 0.643. The van der Waals surface area contributed by atoms with Crippen LogP contribution in [0.5, 0.6) is 5.75 Å². The highest BCUT2D eigenvalue weighted by Gasteiger charge is 1.96. The highest BCUT2D eigenvalue weighted by atomic mass is 19.2.